The molecule has 1 aromatic heterocycles. The highest BCUT2D eigenvalue weighted by Gasteiger charge is 2.10. The van der Waals surface area contributed by atoms with Gasteiger partial charge in [0.2, 0.25) is 0 Å². The summed E-state index contributed by atoms with van der Waals surface area (Å²) in [4.78, 5) is 3.83. The molecule has 6 heteroatoms. The molecule has 0 bridgehead atoms. The maximum Gasteiger partial charge on any atom is 0.141 e. The van der Waals surface area contributed by atoms with Crippen LogP contribution in [0.4, 0.5) is 0 Å². The molecule has 0 saturated heterocycles. The van der Waals surface area contributed by atoms with Crippen LogP contribution in [0.5, 0.6) is 0 Å². The van der Waals surface area contributed by atoms with Gasteiger partial charge in [-0.25, -0.2) is 9.67 Å². The lowest BCUT2D eigenvalue weighted by molar-refractivity contribution is 0.314. The van der Waals surface area contributed by atoms with E-state index in [1.54, 1.807) is 11.0 Å². The Morgan fingerprint density at radius 3 is 3.00 bits per heavy atom. The summed E-state index contributed by atoms with van der Waals surface area (Å²) in [5, 5.41) is 15.3. The molecule has 1 atom stereocenters. The Hall–Kier alpha value is -1.59. The van der Waals surface area contributed by atoms with Crippen LogP contribution in [0, 0.1) is 0 Å². The van der Waals surface area contributed by atoms with Crippen molar-refractivity contribution in [2.75, 3.05) is 0 Å². The molecule has 0 aliphatic carbocycles. The van der Waals surface area contributed by atoms with Gasteiger partial charge >= 0.3 is 0 Å². The van der Waals surface area contributed by atoms with E-state index in [0.717, 1.165) is 6.42 Å². The zero-order chi connectivity index (χ0) is 9.68. The fourth-order valence-electron chi connectivity index (χ4n) is 1.11. The molecule has 1 rings (SSSR count). The molecule has 1 heterocycles. The molecule has 6 nitrogen and oxygen atoms in total. The maximum absolute atomic E-state index is 8.39. The maximum atomic E-state index is 8.39. The molecular formula is C7H13N5O. The number of hydrogen-bond donors (Lipinski definition) is 2. The van der Waals surface area contributed by atoms with Crippen LogP contribution in [0.15, 0.2) is 17.8 Å². The van der Waals surface area contributed by atoms with E-state index in [1.165, 1.54) is 6.33 Å². The molecule has 0 fully saturated rings. The van der Waals surface area contributed by atoms with Gasteiger partial charge in [0.05, 0.1) is 6.04 Å². The predicted octanol–water partition coefficient (Wildman–Crippen LogP) is 0.366. The number of amidine groups is 1. The fourth-order valence-corrected chi connectivity index (χ4v) is 1.11. The molecule has 1 aromatic rings. The summed E-state index contributed by atoms with van der Waals surface area (Å²) in [6, 6.07) is 0.110. The van der Waals surface area contributed by atoms with E-state index in [0.29, 0.717) is 6.42 Å². The first-order valence-electron chi connectivity index (χ1n) is 4.08. The predicted molar refractivity (Wildman–Crippen MR) is 47.4 cm³/mol. The quantitative estimate of drug-likeness (QED) is 0.305. The highest BCUT2D eigenvalue weighted by Crippen LogP contribution is 2.12. The fraction of sp³-hybridized carbons (Fsp3) is 0.571. The van der Waals surface area contributed by atoms with Crippen LogP contribution in [0.1, 0.15) is 25.8 Å². The molecule has 0 radical (unpaired) electrons. The number of rotatable bonds is 4. The van der Waals surface area contributed by atoms with Crippen LogP contribution in [-0.4, -0.2) is 25.8 Å². The van der Waals surface area contributed by atoms with Crippen LogP contribution in [0.25, 0.3) is 0 Å². The molecule has 0 amide bonds. The Morgan fingerprint density at radius 2 is 2.54 bits per heavy atom. The average Bonchev–Trinajstić information content (AvgIpc) is 2.66. The first-order valence-corrected chi connectivity index (χ1v) is 4.08. The number of aromatic nitrogens is 3. The Morgan fingerprint density at radius 1 is 1.77 bits per heavy atom. The second-order valence-electron chi connectivity index (χ2n) is 2.73. The molecule has 13 heavy (non-hydrogen) atoms. The van der Waals surface area contributed by atoms with Gasteiger partial charge in [-0.2, -0.15) is 5.10 Å². The molecule has 0 aliphatic heterocycles. The molecule has 0 spiro atoms. The van der Waals surface area contributed by atoms with Gasteiger partial charge in [-0.1, -0.05) is 12.1 Å². The van der Waals surface area contributed by atoms with E-state index in [2.05, 4.69) is 15.2 Å². The third kappa shape index (κ3) is 2.43. The number of hydrogen-bond acceptors (Lipinski definition) is 4. The van der Waals surface area contributed by atoms with E-state index in [9.17, 15) is 0 Å². The Balaban J connectivity index is 2.64. The van der Waals surface area contributed by atoms with Crippen molar-refractivity contribution in [3.63, 3.8) is 0 Å². The van der Waals surface area contributed by atoms with Crippen molar-refractivity contribution in [1.29, 1.82) is 0 Å². The van der Waals surface area contributed by atoms with E-state index in [4.69, 9.17) is 10.9 Å². The van der Waals surface area contributed by atoms with Gasteiger partial charge in [0.25, 0.3) is 0 Å². The van der Waals surface area contributed by atoms with Crippen molar-refractivity contribution in [2.24, 2.45) is 10.9 Å². The minimum absolute atomic E-state index is 0.110. The summed E-state index contributed by atoms with van der Waals surface area (Å²) in [7, 11) is 0. The van der Waals surface area contributed by atoms with E-state index in [-0.39, 0.29) is 11.9 Å². The van der Waals surface area contributed by atoms with Crippen molar-refractivity contribution in [1.82, 2.24) is 14.8 Å². The van der Waals surface area contributed by atoms with Gasteiger partial charge in [-0.05, 0) is 6.42 Å². The number of nitrogens with zero attached hydrogens (tertiary/aromatic N) is 4. The summed E-state index contributed by atoms with van der Waals surface area (Å²) in [5.74, 6) is 0.211. The number of oxime groups is 1. The van der Waals surface area contributed by atoms with Crippen LogP contribution in [0.2, 0.25) is 0 Å². The Kier molecular flexibility index (Phi) is 3.24. The van der Waals surface area contributed by atoms with Crippen molar-refractivity contribution in [2.45, 2.75) is 25.8 Å². The normalized spacial score (nSPS) is 14.4. The van der Waals surface area contributed by atoms with Crippen LogP contribution in [-0.2, 0) is 0 Å². The average molecular weight is 183 g/mol. The first kappa shape index (κ1) is 9.50. The van der Waals surface area contributed by atoms with Crippen molar-refractivity contribution >= 4 is 5.84 Å². The smallest absolute Gasteiger partial charge is 0.141 e. The summed E-state index contributed by atoms with van der Waals surface area (Å²) < 4.78 is 1.71. The monoisotopic (exact) mass is 183 g/mol. The second-order valence-corrected chi connectivity index (χ2v) is 2.73. The highest BCUT2D eigenvalue weighted by atomic mass is 16.4. The molecule has 72 valence electrons. The molecular weight excluding hydrogens is 170 g/mol. The van der Waals surface area contributed by atoms with Crippen LogP contribution < -0.4 is 5.73 Å². The molecule has 0 aromatic carbocycles. The minimum Gasteiger partial charge on any atom is -0.409 e. The summed E-state index contributed by atoms with van der Waals surface area (Å²) >= 11 is 0. The summed E-state index contributed by atoms with van der Waals surface area (Å²) in [6.45, 7) is 2.01. The minimum atomic E-state index is 0.110. The van der Waals surface area contributed by atoms with Gasteiger partial charge in [0.15, 0.2) is 0 Å². The van der Waals surface area contributed by atoms with Gasteiger partial charge in [-0.15, -0.1) is 0 Å². The standard InChI is InChI=1S/C7H13N5O/c1-2-6(3-7(8)11-13)12-5-9-4-10-12/h4-6,13H,2-3H2,1H3,(H2,8,11). The van der Waals surface area contributed by atoms with E-state index in [1.807, 2.05) is 6.92 Å². The summed E-state index contributed by atoms with van der Waals surface area (Å²) in [6.07, 6.45) is 4.43. The van der Waals surface area contributed by atoms with Crippen LogP contribution in [0.3, 0.4) is 0 Å². The molecule has 3 N–H and O–H groups in total. The zero-order valence-corrected chi connectivity index (χ0v) is 7.46. The SMILES string of the molecule is CCC(C/C(N)=N/O)n1cncn1. The van der Waals surface area contributed by atoms with Gasteiger partial charge in [0.1, 0.15) is 18.5 Å². The van der Waals surface area contributed by atoms with Crippen LogP contribution >= 0.6 is 0 Å². The molecule has 0 aliphatic rings. The highest BCUT2D eigenvalue weighted by molar-refractivity contribution is 5.79. The summed E-state index contributed by atoms with van der Waals surface area (Å²) in [5.41, 5.74) is 5.39. The third-order valence-corrected chi connectivity index (χ3v) is 1.86. The van der Waals surface area contributed by atoms with E-state index < -0.39 is 0 Å². The molecule has 0 saturated carbocycles. The topological polar surface area (TPSA) is 89.3 Å². The van der Waals surface area contributed by atoms with Gasteiger partial charge < -0.3 is 10.9 Å². The largest absolute Gasteiger partial charge is 0.409 e. The lowest BCUT2D eigenvalue weighted by Gasteiger charge is -2.13. The molecule has 1 unspecified atom stereocenters. The number of nitrogens with two attached hydrogens (primary N) is 1. The van der Waals surface area contributed by atoms with Crippen molar-refractivity contribution in [3.05, 3.63) is 12.7 Å². The Labute approximate surface area is 76.1 Å². The van der Waals surface area contributed by atoms with E-state index >= 15 is 0 Å². The zero-order valence-electron chi connectivity index (χ0n) is 7.46. The first-order chi connectivity index (χ1) is 6.27. The second kappa shape index (κ2) is 4.44. The Bertz CT molecular complexity index is 268. The van der Waals surface area contributed by atoms with Crippen molar-refractivity contribution in [3.8, 4) is 0 Å². The van der Waals surface area contributed by atoms with Crippen molar-refractivity contribution < 1.29 is 5.21 Å². The lowest BCUT2D eigenvalue weighted by atomic mass is 10.1. The third-order valence-electron chi connectivity index (χ3n) is 1.86. The van der Waals surface area contributed by atoms with Gasteiger partial charge in [-0.3, -0.25) is 0 Å². The van der Waals surface area contributed by atoms with Gasteiger partial charge in [0, 0.05) is 6.42 Å². The lowest BCUT2D eigenvalue weighted by Crippen LogP contribution is -2.19.